The van der Waals surface area contributed by atoms with Crippen LogP contribution in [0, 0.1) is 6.92 Å². The molecule has 0 bridgehead atoms. The molecule has 1 atom stereocenters. The molecule has 2 aromatic rings. The van der Waals surface area contributed by atoms with Crippen LogP contribution >= 0.6 is 0 Å². The summed E-state index contributed by atoms with van der Waals surface area (Å²) in [7, 11) is 0. The van der Waals surface area contributed by atoms with E-state index in [4.69, 9.17) is 0 Å². The Balaban J connectivity index is 1.74. The van der Waals surface area contributed by atoms with Crippen LogP contribution in [-0.4, -0.2) is 43.1 Å². The molecule has 0 N–H and O–H groups in total. The van der Waals surface area contributed by atoms with Gasteiger partial charge in [0.25, 0.3) is 5.91 Å². The summed E-state index contributed by atoms with van der Waals surface area (Å²) in [6.45, 7) is 3.37. The van der Waals surface area contributed by atoms with Gasteiger partial charge in [-0.25, -0.2) is 4.98 Å². The zero-order valence-corrected chi connectivity index (χ0v) is 11.4. The molecule has 3 heterocycles. The molecule has 20 heavy (non-hydrogen) atoms. The lowest BCUT2D eigenvalue weighted by molar-refractivity contribution is 0.0715. The first-order valence-corrected chi connectivity index (χ1v) is 6.81. The zero-order valence-electron chi connectivity index (χ0n) is 11.4. The van der Waals surface area contributed by atoms with Crippen molar-refractivity contribution in [3.8, 4) is 0 Å². The normalized spacial score (nSPS) is 18.4. The number of carbonyl (C=O) groups is 1. The lowest BCUT2D eigenvalue weighted by Gasteiger charge is -2.24. The Morgan fingerprint density at radius 3 is 3.00 bits per heavy atom. The highest BCUT2D eigenvalue weighted by molar-refractivity contribution is 5.92. The van der Waals surface area contributed by atoms with Crippen molar-refractivity contribution < 1.29 is 4.79 Å². The first-order chi connectivity index (χ1) is 9.74. The number of carbonyl (C=O) groups excluding carboxylic acids is 1. The van der Waals surface area contributed by atoms with Crippen LogP contribution in [0.3, 0.4) is 0 Å². The van der Waals surface area contributed by atoms with E-state index in [0.29, 0.717) is 5.69 Å². The van der Waals surface area contributed by atoms with Gasteiger partial charge in [0.15, 0.2) is 0 Å². The topological polar surface area (TPSA) is 63.9 Å². The second-order valence-corrected chi connectivity index (χ2v) is 5.07. The van der Waals surface area contributed by atoms with E-state index in [2.05, 4.69) is 15.1 Å². The fourth-order valence-electron chi connectivity index (χ4n) is 2.57. The van der Waals surface area contributed by atoms with Crippen LogP contribution in [0.15, 0.2) is 30.9 Å². The molecule has 0 saturated carbocycles. The van der Waals surface area contributed by atoms with Crippen molar-refractivity contribution in [2.45, 2.75) is 32.4 Å². The number of rotatable bonds is 3. The molecule has 0 unspecified atom stereocenters. The molecule has 0 spiro atoms. The van der Waals surface area contributed by atoms with Gasteiger partial charge in [0.2, 0.25) is 0 Å². The van der Waals surface area contributed by atoms with Crippen LogP contribution in [0.5, 0.6) is 0 Å². The number of nitrogens with zero attached hydrogens (tertiary/aromatic N) is 5. The van der Waals surface area contributed by atoms with Crippen LogP contribution in [0.4, 0.5) is 0 Å². The molecule has 1 aliphatic heterocycles. The van der Waals surface area contributed by atoms with E-state index in [1.807, 2.05) is 28.8 Å². The molecular weight excluding hydrogens is 254 g/mol. The first kappa shape index (κ1) is 12.8. The van der Waals surface area contributed by atoms with Gasteiger partial charge in [0.05, 0.1) is 24.5 Å². The van der Waals surface area contributed by atoms with Gasteiger partial charge >= 0.3 is 0 Å². The highest BCUT2D eigenvalue weighted by Gasteiger charge is 2.30. The summed E-state index contributed by atoms with van der Waals surface area (Å²) in [5.74, 6) is -0.0350. The molecule has 1 saturated heterocycles. The lowest BCUT2D eigenvalue weighted by Crippen LogP contribution is -2.38. The van der Waals surface area contributed by atoms with E-state index in [1.165, 1.54) is 0 Å². The molecule has 6 nitrogen and oxygen atoms in total. The molecule has 0 aliphatic carbocycles. The molecule has 1 amide bonds. The van der Waals surface area contributed by atoms with E-state index >= 15 is 0 Å². The molecule has 0 aromatic carbocycles. The second kappa shape index (κ2) is 5.40. The summed E-state index contributed by atoms with van der Waals surface area (Å²) >= 11 is 0. The van der Waals surface area contributed by atoms with Crippen molar-refractivity contribution in [1.82, 2.24) is 24.6 Å². The molecule has 104 valence electrons. The SMILES string of the molecule is Cc1cnc(C(=O)N2CCC[C@H]2Cn2cccn2)cn1. The minimum Gasteiger partial charge on any atom is -0.332 e. The van der Waals surface area contributed by atoms with Crippen molar-refractivity contribution in [3.63, 3.8) is 0 Å². The Morgan fingerprint density at radius 1 is 1.40 bits per heavy atom. The van der Waals surface area contributed by atoms with Gasteiger partial charge < -0.3 is 4.90 Å². The fourth-order valence-corrected chi connectivity index (χ4v) is 2.57. The molecule has 2 aromatic heterocycles. The molecule has 0 radical (unpaired) electrons. The molecule has 6 heteroatoms. The predicted molar refractivity (Wildman–Crippen MR) is 73.1 cm³/mol. The number of hydrogen-bond donors (Lipinski definition) is 0. The second-order valence-electron chi connectivity index (χ2n) is 5.07. The summed E-state index contributed by atoms with van der Waals surface area (Å²) in [5.41, 5.74) is 1.24. The fraction of sp³-hybridized carbons (Fsp3) is 0.429. The monoisotopic (exact) mass is 271 g/mol. The number of hydrogen-bond acceptors (Lipinski definition) is 4. The highest BCUT2D eigenvalue weighted by atomic mass is 16.2. The van der Waals surface area contributed by atoms with Gasteiger partial charge in [-0.05, 0) is 25.8 Å². The van der Waals surface area contributed by atoms with Gasteiger partial charge in [-0.3, -0.25) is 14.5 Å². The van der Waals surface area contributed by atoms with E-state index < -0.39 is 0 Å². The Morgan fingerprint density at radius 2 is 2.30 bits per heavy atom. The Hall–Kier alpha value is -2.24. The Bertz CT molecular complexity index is 578. The van der Waals surface area contributed by atoms with E-state index in [-0.39, 0.29) is 11.9 Å². The van der Waals surface area contributed by atoms with Crippen molar-refractivity contribution in [2.24, 2.45) is 0 Å². The van der Waals surface area contributed by atoms with Crippen molar-refractivity contribution in [2.75, 3.05) is 6.54 Å². The average Bonchev–Trinajstić information content (AvgIpc) is 3.11. The largest absolute Gasteiger partial charge is 0.332 e. The summed E-state index contributed by atoms with van der Waals surface area (Å²) in [6.07, 6.45) is 8.90. The van der Waals surface area contributed by atoms with E-state index in [1.54, 1.807) is 18.6 Å². The van der Waals surface area contributed by atoms with Crippen LogP contribution in [0.1, 0.15) is 29.0 Å². The highest BCUT2D eigenvalue weighted by Crippen LogP contribution is 2.20. The first-order valence-electron chi connectivity index (χ1n) is 6.81. The van der Waals surface area contributed by atoms with Crippen LogP contribution in [-0.2, 0) is 6.54 Å². The maximum Gasteiger partial charge on any atom is 0.274 e. The summed E-state index contributed by atoms with van der Waals surface area (Å²) in [6, 6.07) is 2.08. The maximum absolute atomic E-state index is 12.5. The smallest absolute Gasteiger partial charge is 0.274 e. The number of likely N-dealkylation sites (tertiary alicyclic amines) is 1. The Labute approximate surface area is 117 Å². The van der Waals surface area contributed by atoms with Crippen LogP contribution in [0.25, 0.3) is 0 Å². The maximum atomic E-state index is 12.5. The minimum atomic E-state index is -0.0350. The number of aryl methyl sites for hydroxylation is 1. The standard InChI is InChI=1S/C14H17N5O/c1-11-8-16-13(9-15-11)14(20)19-7-2-4-12(19)10-18-6-3-5-17-18/h3,5-6,8-9,12H,2,4,7,10H2,1H3/t12-/m0/s1. The molecule has 3 rings (SSSR count). The quantitative estimate of drug-likeness (QED) is 0.843. The number of aromatic nitrogens is 4. The third-order valence-corrected chi connectivity index (χ3v) is 3.60. The average molecular weight is 271 g/mol. The summed E-state index contributed by atoms with van der Waals surface area (Å²) < 4.78 is 1.87. The summed E-state index contributed by atoms with van der Waals surface area (Å²) in [4.78, 5) is 22.7. The lowest BCUT2D eigenvalue weighted by atomic mass is 10.2. The van der Waals surface area contributed by atoms with Gasteiger partial charge in [-0.2, -0.15) is 5.10 Å². The molecular formula is C14H17N5O. The van der Waals surface area contributed by atoms with Crippen molar-refractivity contribution in [3.05, 3.63) is 42.2 Å². The predicted octanol–water partition coefficient (Wildman–Crippen LogP) is 1.29. The van der Waals surface area contributed by atoms with Crippen LogP contribution < -0.4 is 0 Å². The number of amides is 1. The third kappa shape index (κ3) is 2.54. The van der Waals surface area contributed by atoms with Crippen LogP contribution in [0.2, 0.25) is 0 Å². The zero-order chi connectivity index (χ0) is 13.9. The minimum absolute atomic E-state index is 0.0350. The van der Waals surface area contributed by atoms with Gasteiger partial charge in [-0.15, -0.1) is 0 Å². The van der Waals surface area contributed by atoms with E-state index in [0.717, 1.165) is 31.6 Å². The molecule has 1 fully saturated rings. The third-order valence-electron chi connectivity index (χ3n) is 3.60. The van der Waals surface area contributed by atoms with Gasteiger partial charge in [0, 0.05) is 25.1 Å². The van der Waals surface area contributed by atoms with E-state index in [9.17, 15) is 4.79 Å². The summed E-state index contributed by atoms with van der Waals surface area (Å²) in [5, 5.41) is 4.21. The van der Waals surface area contributed by atoms with Crippen molar-refractivity contribution in [1.29, 1.82) is 0 Å². The molecule has 1 aliphatic rings. The van der Waals surface area contributed by atoms with Crippen molar-refractivity contribution >= 4 is 5.91 Å². The Kier molecular flexibility index (Phi) is 3.45. The van der Waals surface area contributed by atoms with Gasteiger partial charge in [-0.1, -0.05) is 0 Å². The van der Waals surface area contributed by atoms with Gasteiger partial charge in [0.1, 0.15) is 5.69 Å².